The van der Waals surface area contributed by atoms with Crippen LogP contribution in [0.2, 0.25) is 0 Å². The lowest BCUT2D eigenvalue weighted by Gasteiger charge is -2.00. The highest BCUT2D eigenvalue weighted by Gasteiger charge is 2.12. The fraction of sp³-hybridized carbons (Fsp3) is 0.174. The van der Waals surface area contributed by atoms with Crippen LogP contribution in [0.1, 0.15) is 28.6 Å². The SMILES string of the molecule is CCc1ccc(-c2nc(CC(=O)Nc3ncc(Cc4ccc(F)cc4)s3)cs2)cc1. The second kappa shape index (κ2) is 9.28. The third-order valence-corrected chi connectivity index (χ3v) is 6.45. The van der Waals surface area contributed by atoms with Gasteiger partial charge in [-0.05, 0) is 29.7 Å². The molecule has 0 saturated carbocycles. The van der Waals surface area contributed by atoms with Crippen molar-refractivity contribution < 1.29 is 9.18 Å². The summed E-state index contributed by atoms with van der Waals surface area (Å²) >= 11 is 2.96. The molecule has 0 unspecified atom stereocenters. The van der Waals surface area contributed by atoms with E-state index in [9.17, 15) is 9.18 Å². The van der Waals surface area contributed by atoms with E-state index in [1.807, 2.05) is 5.38 Å². The van der Waals surface area contributed by atoms with Crippen molar-refractivity contribution in [1.82, 2.24) is 9.97 Å². The standard InChI is InChI=1S/C23H20FN3OS2/c1-2-15-3-7-17(8-4-15)22-26-19(14-29-22)12-21(28)27-23-25-13-20(30-23)11-16-5-9-18(24)10-6-16/h3-10,13-14H,2,11-12H2,1H3,(H,25,27,28). The molecule has 0 aliphatic heterocycles. The number of halogens is 1. The van der Waals surface area contributed by atoms with Gasteiger partial charge in [0, 0.05) is 28.4 Å². The molecule has 152 valence electrons. The summed E-state index contributed by atoms with van der Waals surface area (Å²) in [6, 6.07) is 14.7. The van der Waals surface area contributed by atoms with Gasteiger partial charge in [0.1, 0.15) is 10.8 Å². The molecular formula is C23H20FN3OS2. The molecule has 0 aliphatic carbocycles. The van der Waals surface area contributed by atoms with E-state index in [1.54, 1.807) is 18.3 Å². The summed E-state index contributed by atoms with van der Waals surface area (Å²) in [4.78, 5) is 22.3. The molecule has 0 fully saturated rings. The van der Waals surface area contributed by atoms with E-state index in [1.165, 1.54) is 40.4 Å². The monoisotopic (exact) mass is 437 g/mol. The molecule has 30 heavy (non-hydrogen) atoms. The molecule has 2 aromatic heterocycles. The number of aryl methyl sites for hydroxylation is 1. The van der Waals surface area contributed by atoms with Gasteiger partial charge in [-0.3, -0.25) is 4.79 Å². The first-order valence-corrected chi connectivity index (χ1v) is 11.3. The Hall–Kier alpha value is -2.90. The fourth-order valence-electron chi connectivity index (χ4n) is 2.98. The maximum absolute atomic E-state index is 13.0. The van der Waals surface area contributed by atoms with Gasteiger partial charge in [-0.2, -0.15) is 0 Å². The number of aromatic nitrogens is 2. The van der Waals surface area contributed by atoms with Gasteiger partial charge in [0.15, 0.2) is 5.13 Å². The number of rotatable bonds is 7. The molecule has 1 N–H and O–H groups in total. The lowest BCUT2D eigenvalue weighted by Crippen LogP contribution is -2.14. The van der Waals surface area contributed by atoms with Gasteiger partial charge in [0.05, 0.1) is 12.1 Å². The zero-order valence-electron chi connectivity index (χ0n) is 16.4. The molecular weight excluding hydrogens is 417 g/mol. The first-order chi connectivity index (χ1) is 14.6. The average Bonchev–Trinajstić information content (AvgIpc) is 3.39. The summed E-state index contributed by atoms with van der Waals surface area (Å²) in [7, 11) is 0. The Kier molecular flexibility index (Phi) is 6.30. The molecule has 4 aromatic rings. The molecule has 4 nitrogen and oxygen atoms in total. The number of hydrogen-bond donors (Lipinski definition) is 1. The van der Waals surface area contributed by atoms with Crippen molar-refractivity contribution in [1.29, 1.82) is 0 Å². The Morgan fingerprint density at radius 1 is 1.07 bits per heavy atom. The molecule has 0 aliphatic rings. The number of nitrogens with zero attached hydrogens (tertiary/aromatic N) is 2. The van der Waals surface area contributed by atoms with Crippen molar-refractivity contribution >= 4 is 33.7 Å². The summed E-state index contributed by atoms with van der Waals surface area (Å²) in [6.07, 6.45) is 3.60. The highest BCUT2D eigenvalue weighted by atomic mass is 32.1. The van der Waals surface area contributed by atoms with Crippen LogP contribution in [-0.2, 0) is 24.1 Å². The Labute approximate surface area is 182 Å². The molecule has 7 heteroatoms. The quantitative estimate of drug-likeness (QED) is 0.401. The Balaban J connectivity index is 1.34. The van der Waals surface area contributed by atoms with Gasteiger partial charge in [-0.15, -0.1) is 22.7 Å². The van der Waals surface area contributed by atoms with Crippen molar-refractivity contribution in [2.75, 3.05) is 5.32 Å². The number of anilines is 1. The summed E-state index contributed by atoms with van der Waals surface area (Å²) < 4.78 is 13.0. The molecule has 0 bridgehead atoms. The Morgan fingerprint density at radius 2 is 1.80 bits per heavy atom. The van der Waals surface area contributed by atoms with Crippen LogP contribution in [-0.4, -0.2) is 15.9 Å². The topological polar surface area (TPSA) is 54.9 Å². The third-order valence-electron chi connectivity index (χ3n) is 4.59. The number of amides is 1. The van der Waals surface area contributed by atoms with Gasteiger partial charge in [0.2, 0.25) is 5.91 Å². The fourth-order valence-corrected chi connectivity index (χ4v) is 4.67. The van der Waals surface area contributed by atoms with E-state index in [-0.39, 0.29) is 18.1 Å². The minimum atomic E-state index is -0.251. The number of carbonyl (C=O) groups excluding carboxylic acids is 1. The van der Waals surface area contributed by atoms with Gasteiger partial charge in [-0.1, -0.05) is 43.3 Å². The second-order valence-corrected chi connectivity index (χ2v) is 8.83. The maximum atomic E-state index is 13.0. The van der Waals surface area contributed by atoms with Crippen molar-refractivity contribution in [2.24, 2.45) is 0 Å². The molecule has 2 heterocycles. The van der Waals surface area contributed by atoms with E-state index in [0.717, 1.165) is 33.1 Å². The van der Waals surface area contributed by atoms with Crippen LogP contribution in [0.3, 0.4) is 0 Å². The molecule has 0 saturated heterocycles. The molecule has 0 spiro atoms. The number of carbonyl (C=O) groups is 1. The van der Waals surface area contributed by atoms with Crippen LogP contribution in [0.15, 0.2) is 60.1 Å². The van der Waals surface area contributed by atoms with Crippen molar-refractivity contribution in [3.8, 4) is 10.6 Å². The van der Waals surface area contributed by atoms with Crippen LogP contribution >= 0.6 is 22.7 Å². The van der Waals surface area contributed by atoms with Crippen molar-refractivity contribution in [2.45, 2.75) is 26.2 Å². The third kappa shape index (κ3) is 5.17. The summed E-state index contributed by atoms with van der Waals surface area (Å²) in [6.45, 7) is 2.13. The molecule has 0 atom stereocenters. The lowest BCUT2D eigenvalue weighted by molar-refractivity contribution is -0.115. The first-order valence-electron chi connectivity index (χ1n) is 9.62. The van der Waals surface area contributed by atoms with Gasteiger partial charge in [-0.25, -0.2) is 14.4 Å². The smallest absolute Gasteiger partial charge is 0.232 e. The van der Waals surface area contributed by atoms with Gasteiger partial charge in [0.25, 0.3) is 0 Å². The normalized spacial score (nSPS) is 10.9. The van der Waals surface area contributed by atoms with E-state index < -0.39 is 0 Å². The van der Waals surface area contributed by atoms with Gasteiger partial charge < -0.3 is 5.32 Å². The zero-order valence-corrected chi connectivity index (χ0v) is 18.0. The van der Waals surface area contributed by atoms with E-state index in [0.29, 0.717) is 11.6 Å². The summed E-state index contributed by atoms with van der Waals surface area (Å²) in [5.41, 5.74) is 4.10. The predicted molar refractivity (Wildman–Crippen MR) is 121 cm³/mol. The van der Waals surface area contributed by atoms with Crippen LogP contribution in [0.4, 0.5) is 9.52 Å². The first kappa shape index (κ1) is 20.4. The molecule has 4 rings (SSSR count). The van der Waals surface area contributed by atoms with Crippen LogP contribution in [0.5, 0.6) is 0 Å². The van der Waals surface area contributed by atoms with Crippen LogP contribution < -0.4 is 5.32 Å². The molecule has 1 amide bonds. The minimum Gasteiger partial charge on any atom is -0.302 e. The number of nitrogens with one attached hydrogen (secondary N) is 1. The Morgan fingerprint density at radius 3 is 2.53 bits per heavy atom. The number of hydrogen-bond acceptors (Lipinski definition) is 5. The Bertz CT molecular complexity index is 1130. The van der Waals surface area contributed by atoms with Crippen molar-refractivity contribution in [3.05, 3.63) is 87.6 Å². The number of benzene rings is 2. The zero-order chi connectivity index (χ0) is 20.9. The molecule has 2 aromatic carbocycles. The predicted octanol–water partition coefficient (Wildman–Crippen LogP) is 5.74. The van der Waals surface area contributed by atoms with Crippen molar-refractivity contribution in [3.63, 3.8) is 0 Å². The van der Waals surface area contributed by atoms with Gasteiger partial charge >= 0.3 is 0 Å². The average molecular weight is 438 g/mol. The van der Waals surface area contributed by atoms with E-state index in [4.69, 9.17) is 0 Å². The minimum absolute atomic E-state index is 0.143. The summed E-state index contributed by atoms with van der Waals surface area (Å²) in [5, 5.41) is 6.24. The lowest BCUT2D eigenvalue weighted by atomic mass is 10.1. The molecule has 0 radical (unpaired) electrons. The number of thiazole rings is 2. The second-order valence-electron chi connectivity index (χ2n) is 6.85. The highest BCUT2D eigenvalue weighted by Crippen LogP contribution is 2.25. The van der Waals surface area contributed by atoms with E-state index >= 15 is 0 Å². The largest absolute Gasteiger partial charge is 0.302 e. The maximum Gasteiger partial charge on any atom is 0.232 e. The van der Waals surface area contributed by atoms with Crippen LogP contribution in [0, 0.1) is 5.82 Å². The highest BCUT2D eigenvalue weighted by molar-refractivity contribution is 7.15. The summed E-state index contributed by atoms with van der Waals surface area (Å²) in [5.74, 6) is -0.393. The van der Waals surface area contributed by atoms with Crippen LogP contribution in [0.25, 0.3) is 10.6 Å². The van der Waals surface area contributed by atoms with E-state index in [2.05, 4.69) is 46.5 Å².